The number of ether oxygens (including phenoxy) is 2. The smallest absolute Gasteiger partial charge is 0.295 e. The molecule has 6 nitrogen and oxygen atoms in total. The van der Waals surface area contributed by atoms with Crippen LogP contribution in [0.4, 0.5) is 0 Å². The van der Waals surface area contributed by atoms with E-state index in [-0.39, 0.29) is 11.3 Å². The van der Waals surface area contributed by atoms with E-state index in [1.54, 1.807) is 37.5 Å². The van der Waals surface area contributed by atoms with E-state index in [2.05, 4.69) is 20.4 Å². The van der Waals surface area contributed by atoms with Crippen LogP contribution in [0.5, 0.6) is 5.75 Å². The van der Waals surface area contributed by atoms with Gasteiger partial charge in [0, 0.05) is 25.8 Å². The number of methoxy groups -OCH3 is 1. The predicted octanol–water partition coefficient (Wildman–Crippen LogP) is 4.83. The average Bonchev–Trinajstić information content (AvgIpc) is 3.08. The highest BCUT2D eigenvalue weighted by Crippen LogP contribution is 2.40. The zero-order chi connectivity index (χ0) is 24.0. The number of carbonyl (C=O) groups excluding carboxylic acids is 2. The van der Waals surface area contributed by atoms with E-state index in [4.69, 9.17) is 9.47 Å². The van der Waals surface area contributed by atoms with Gasteiger partial charge in [-0.1, -0.05) is 50.8 Å². The molecule has 1 N–H and O–H groups in total. The van der Waals surface area contributed by atoms with Crippen LogP contribution in [0.15, 0.2) is 66.8 Å². The topological polar surface area (TPSA) is 76.1 Å². The van der Waals surface area contributed by atoms with Gasteiger partial charge in [-0.3, -0.25) is 9.59 Å². The largest absolute Gasteiger partial charge is 0.507 e. The molecule has 0 saturated carbocycles. The fourth-order valence-electron chi connectivity index (χ4n) is 3.92. The third-order valence-electron chi connectivity index (χ3n) is 5.70. The zero-order valence-electron chi connectivity index (χ0n) is 19.4. The summed E-state index contributed by atoms with van der Waals surface area (Å²) in [7, 11) is 1.60. The Morgan fingerprint density at radius 1 is 1.12 bits per heavy atom. The van der Waals surface area contributed by atoms with Crippen molar-refractivity contribution >= 4 is 17.4 Å². The van der Waals surface area contributed by atoms with Crippen molar-refractivity contribution in [2.24, 2.45) is 0 Å². The first-order valence-electron chi connectivity index (χ1n) is 11.1. The summed E-state index contributed by atoms with van der Waals surface area (Å²) in [6.07, 6.45) is 2.23. The van der Waals surface area contributed by atoms with Crippen molar-refractivity contribution in [3.63, 3.8) is 0 Å². The second-order valence-electron chi connectivity index (χ2n) is 8.28. The normalized spacial score (nSPS) is 17.6. The highest BCUT2D eigenvalue weighted by atomic mass is 16.5. The van der Waals surface area contributed by atoms with Crippen LogP contribution in [0.1, 0.15) is 48.9 Å². The Bertz CT molecular complexity index is 1020. The van der Waals surface area contributed by atoms with E-state index in [1.165, 1.54) is 4.90 Å². The first kappa shape index (κ1) is 24.3. The van der Waals surface area contributed by atoms with E-state index in [1.807, 2.05) is 24.3 Å². The average molecular weight is 450 g/mol. The van der Waals surface area contributed by atoms with Crippen molar-refractivity contribution in [3.8, 4) is 5.75 Å². The van der Waals surface area contributed by atoms with Crippen LogP contribution in [0.2, 0.25) is 0 Å². The Balaban J connectivity index is 2.04. The molecule has 1 atom stereocenters. The molecular formula is C27H31NO5. The standard InChI is InChI=1S/C27H31NO5/c1-5-16-33-22-13-11-21(12-14-22)25(29)23-24(20-9-7-19(8-10-20)18(2)3)28(15-6-17-32-4)27(31)26(23)30/h5,7-14,18,24,29H,1,6,15-17H2,2-4H3/t24-/m1/s1. The summed E-state index contributed by atoms with van der Waals surface area (Å²) in [5.74, 6) is -0.525. The van der Waals surface area contributed by atoms with E-state index >= 15 is 0 Å². The van der Waals surface area contributed by atoms with Gasteiger partial charge in [-0.25, -0.2) is 0 Å². The molecule has 0 spiro atoms. The molecule has 3 rings (SSSR count). The molecule has 6 heteroatoms. The van der Waals surface area contributed by atoms with Gasteiger partial charge in [-0.05, 0) is 47.7 Å². The number of carbonyl (C=O) groups is 2. The summed E-state index contributed by atoms with van der Waals surface area (Å²) in [6, 6.07) is 13.9. The SMILES string of the molecule is C=CCOc1ccc(C(O)=C2C(=O)C(=O)N(CCCOC)[C@@H]2c2ccc(C(C)C)cc2)cc1. The number of amides is 1. The van der Waals surface area contributed by atoms with Crippen LogP contribution in [0.25, 0.3) is 5.76 Å². The van der Waals surface area contributed by atoms with Crippen LogP contribution in [0.3, 0.4) is 0 Å². The minimum atomic E-state index is -0.685. The molecular weight excluding hydrogens is 418 g/mol. The lowest BCUT2D eigenvalue weighted by molar-refractivity contribution is -0.140. The van der Waals surface area contributed by atoms with Gasteiger partial charge >= 0.3 is 0 Å². The van der Waals surface area contributed by atoms with E-state index < -0.39 is 17.7 Å². The van der Waals surface area contributed by atoms with Crippen molar-refractivity contribution in [3.05, 3.63) is 83.4 Å². The number of benzene rings is 2. The Morgan fingerprint density at radius 3 is 2.36 bits per heavy atom. The maximum Gasteiger partial charge on any atom is 0.295 e. The molecule has 2 aromatic rings. The minimum Gasteiger partial charge on any atom is -0.507 e. The Kier molecular flexibility index (Phi) is 8.06. The lowest BCUT2D eigenvalue weighted by atomic mass is 9.93. The van der Waals surface area contributed by atoms with Crippen molar-refractivity contribution in [2.45, 2.75) is 32.2 Å². The molecule has 0 aromatic heterocycles. The molecule has 1 aliphatic rings. The molecule has 1 aliphatic heterocycles. The number of aliphatic hydroxyl groups excluding tert-OH is 1. The van der Waals surface area contributed by atoms with Gasteiger partial charge in [0.2, 0.25) is 0 Å². The molecule has 0 unspecified atom stereocenters. The van der Waals surface area contributed by atoms with Gasteiger partial charge in [0.05, 0.1) is 11.6 Å². The summed E-state index contributed by atoms with van der Waals surface area (Å²) < 4.78 is 10.6. The lowest BCUT2D eigenvalue weighted by Gasteiger charge is -2.25. The number of ketones is 1. The van der Waals surface area contributed by atoms with E-state index in [9.17, 15) is 14.7 Å². The third kappa shape index (κ3) is 5.34. The molecule has 1 saturated heterocycles. The molecule has 33 heavy (non-hydrogen) atoms. The summed E-state index contributed by atoms with van der Waals surface area (Å²) in [5, 5.41) is 11.1. The Morgan fingerprint density at radius 2 is 1.79 bits per heavy atom. The van der Waals surface area contributed by atoms with Crippen molar-refractivity contribution in [2.75, 3.05) is 26.9 Å². The second kappa shape index (κ2) is 11.0. The number of aliphatic hydroxyl groups is 1. The Labute approximate surface area is 195 Å². The minimum absolute atomic E-state index is 0.0921. The van der Waals surface area contributed by atoms with Gasteiger partial charge in [-0.15, -0.1) is 0 Å². The summed E-state index contributed by atoms with van der Waals surface area (Å²) in [6.45, 7) is 9.01. The fraction of sp³-hybridized carbons (Fsp3) is 0.333. The van der Waals surface area contributed by atoms with Crippen LogP contribution in [-0.2, 0) is 14.3 Å². The van der Waals surface area contributed by atoms with Crippen molar-refractivity contribution < 1.29 is 24.2 Å². The van der Waals surface area contributed by atoms with Gasteiger partial charge in [0.25, 0.3) is 11.7 Å². The van der Waals surface area contributed by atoms with Crippen LogP contribution >= 0.6 is 0 Å². The number of Topliss-reactive ketones (excluding diaryl/α,β-unsaturated/α-hetero) is 1. The second-order valence-corrected chi connectivity index (χ2v) is 8.28. The van der Waals surface area contributed by atoms with E-state index in [0.29, 0.717) is 43.4 Å². The fourth-order valence-corrected chi connectivity index (χ4v) is 3.92. The molecule has 1 amide bonds. The monoisotopic (exact) mass is 449 g/mol. The first-order chi connectivity index (χ1) is 15.9. The molecule has 1 heterocycles. The Hall–Kier alpha value is -3.38. The third-order valence-corrected chi connectivity index (χ3v) is 5.70. The first-order valence-corrected chi connectivity index (χ1v) is 11.1. The predicted molar refractivity (Wildman–Crippen MR) is 128 cm³/mol. The van der Waals surface area contributed by atoms with Crippen LogP contribution in [-0.4, -0.2) is 48.6 Å². The van der Waals surface area contributed by atoms with Crippen LogP contribution in [0, 0.1) is 0 Å². The summed E-state index contributed by atoms with van der Waals surface area (Å²) in [5.41, 5.74) is 2.47. The van der Waals surface area contributed by atoms with Crippen LogP contribution < -0.4 is 4.74 Å². The van der Waals surface area contributed by atoms with Crippen molar-refractivity contribution in [1.82, 2.24) is 4.90 Å². The van der Waals surface area contributed by atoms with Crippen molar-refractivity contribution in [1.29, 1.82) is 0 Å². The maximum atomic E-state index is 13.1. The summed E-state index contributed by atoms with van der Waals surface area (Å²) in [4.78, 5) is 27.5. The molecule has 2 aromatic carbocycles. The number of hydrogen-bond donors (Lipinski definition) is 1. The molecule has 0 aliphatic carbocycles. The molecule has 174 valence electrons. The summed E-state index contributed by atoms with van der Waals surface area (Å²) >= 11 is 0. The van der Waals surface area contributed by atoms with Gasteiger partial charge in [0.15, 0.2) is 0 Å². The van der Waals surface area contributed by atoms with Gasteiger partial charge in [0.1, 0.15) is 18.1 Å². The maximum absolute atomic E-state index is 13.1. The molecule has 1 fully saturated rings. The quantitative estimate of drug-likeness (QED) is 0.185. The highest BCUT2D eigenvalue weighted by molar-refractivity contribution is 6.46. The zero-order valence-corrected chi connectivity index (χ0v) is 19.4. The van der Waals surface area contributed by atoms with Gasteiger partial charge < -0.3 is 19.5 Å². The number of rotatable bonds is 10. The number of nitrogens with zero attached hydrogens (tertiary/aromatic N) is 1. The lowest BCUT2D eigenvalue weighted by Crippen LogP contribution is -2.31. The highest BCUT2D eigenvalue weighted by Gasteiger charge is 2.45. The number of likely N-dealkylation sites (tertiary alicyclic amines) is 1. The van der Waals surface area contributed by atoms with Gasteiger partial charge in [-0.2, -0.15) is 0 Å². The van der Waals surface area contributed by atoms with E-state index in [0.717, 1.165) is 11.1 Å². The molecule has 0 radical (unpaired) electrons. The molecule has 0 bridgehead atoms. The number of hydrogen-bond acceptors (Lipinski definition) is 5.